The Morgan fingerprint density at radius 2 is 1.86 bits per heavy atom. The summed E-state index contributed by atoms with van der Waals surface area (Å²) >= 11 is 0. The summed E-state index contributed by atoms with van der Waals surface area (Å²) in [7, 11) is -1.94. The van der Waals surface area contributed by atoms with E-state index >= 15 is 0 Å². The van der Waals surface area contributed by atoms with Gasteiger partial charge in [-0.25, -0.2) is 18.4 Å². The number of nitrogens with two attached hydrogens (primary N) is 1. The molecule has 0 heterocycles. The molecule has 1 aromatic carbocycles. The van der Waals surface area contributed by atoms with Gasteiger partial charge in [-0.3, -0.25) is 0 Å². The third-order valence-corrected chi connectivity index (χ3v) is 3.22. The van der Waals surface area contributed by atoms with Crippen LogP contribution in [0.4, 0.5) is 4.79 Å². The summed E-state index contributed by atoms with van der Waals surface area (Å²) < 4.78 is 27.4. The normalized spacial score (nSPS) is 12.0. The van der Waals surface area contributed by atoms with Gasteiger partial charge in [0.15, 0.2) is 0 Å². The molecule has 0 spiro atoms. The summed E-state index contributed by atoms with van der Waals surface area (Å²) in [5, 5.41) is 5.02. The zero-order valence-corrected chi connectivity index (χ0v) is 13.6. The van der Waals surface area contributed by atoms with Crippen molar-refractivity contribution in [2.24, 2.45) is 5.14 Å². The number of rotatable bonds is 4. The van der Waals surface area contributed by atoms with E-state index < -0.39 is 21.7 Å². The maximum atomic E-state index is 11.9. The molecular formula is C14H22N2O4S. The van der Waals surface area contributed by atoms with Crippen LogP contribution in [0.5, 0.6) is 0 Å². The van der Waals surface area contributed by atoms with E-state index in [4.69, 9.17) is 9.88 Å². The molecular weight excluding hydrogens is 292 g/mol. The summed E-state index contributed by atoms with van der Waals surface area (Å²) in [4.78, 5) is 13.3. The molecule has 0 aromatic heterocycles. The molecule has 0 aliphatic heterocycles. The first-order valence-corrected chi connectivity index (χ1v) is 8.20. The fourth-order valence-electron chi connectivity index (χ4n) is 1.73. The van der Waals surface area contributed by atoms with E-state index in [1.165, 1.54) is 4.90 Å². The first-order valence-electron chi connectivity index (χ1n) is 6.49. The first kappa shape index (κ1) is 17.5. The van der Waals surface area contributed by atoms with Crippen LogP contribution in [-0.2, 0) is 27.1 Å². The number of nitrogens with zero attached hydrogens (tertiary/aromatic N) is 1. The molecule has 0 saturated heterocycles. The quantitative estimate of drug-likeness (QED) is 0.918. The van der Waals surface area contributed by atoms with E-state index in [1.807, 2.05) is 6.07 Å². The van der Waals surface area contributed by atoms with Gasteiger partial charge in [-0.1, -0.05) is 24.3 Å². The van der Waals surface area contributed by atoms with Gasteiger partial charge in [0.1, 0.15) is 5.60 Å². The minimum Gasteiger partial charge on any atom is -0.444 e. The molecule has 0 fully saturated rings. The highest BCUT2D eigenvalue weighted by molar-refractivity contribution is 7.88. The SMILES string of the molecule is CN(Cc1cccc(CS(N)(=O)=O)c1)C(=O)OC(C)(C)C. The molecule has 21 heavy (non-hydrogen) atoms. The lowest BCUT2D eigenvalue weighted by molar-refractivity contribution is 0.0285. The number of carbonyl (C=O) groups excluding carboxylic acids is 1. The second-order valence-corrected chi connectivity index (χ2v) is 7.58. The summed E-state index contributed by atoms with van der Waals surface area (Å²) in [5.41, 5.74) is 0.845. The second kappa shape index (κ2) is 6.44. The Bertz CT molecular complexity index is 606. The Labute approximate surface area is 125 Å². The van der Waals surface area contributed by atoms with Gasteiger partial charge < -0.3 is 9.64 Å². The zero-order chi connectivity index (χ0) is 16.3. The predicted molar refractivity (Wildman–Crippen MR) is 81.0 cm³/mol. The molecule has 1 amide bonds. The molecule has 1 rings (SSSR count). The lowest BCUT2D eigenvalue weighted by Gasteiger charge is -2.24. The third-order valence-electron chi connectivity index (χ3n) is 2.48. The maximum absolute atomic E-state index is 11.9. The maximum Gasteiger partial charge on any atom is 0.410 e. The molecule has 1 aromatic rings. The summed E-state index contributed by atoms with van der Waals surface area (Å²) in [6.45, 7) is 5.72. The van der Waals surface area contributed by atoms with Crippen LogP contribution in [0.25, 0.3) is 0 Å². The fraction of sp³-hybridized carbons (Fsp3) is 0.500. The van der Waals surface area contributed by atoms with Crippen LogP contribution in [-0.4, -0.2) is 32.1 Å². The fourth-order valence-corrected chi connectivity index (χ4v) is 2.37. The van der Waals surface area contributed by atoms with Gasteiger partial charge >= 0.3 is 6.09 Å². The Hall–Kier alpha value is -1.60. The number of sulfonamides is 1. The van der Waals surface area contributed by atoms with E-state index in [1.54, 1.807) is 46.0 Å². The average Bonchev–Trinajstić information content (AvgIpc) is 2.24. The highest BCUT2D eigenvalue weighted by Crippen LogP contribution is 2.13. The second-order valence-electron chi connectivity index (χ2n) is 5.96. The molecule has 0 aliphatic carbocycles. The number of amides is 1. The van der Waals surface area contributed by atoms with E-state index in [-0.39, 0.29) is 5.75 Å². The lowest BCUT2D eigenvalue weighted by Crippen LogP contribution is -2.33. The lowest BCUT2D eigenvalue weighted by atomic mass is 10.1. The monoisotopic (exact) mass is 314 g/mol. The Kier molecular flexibility index (Phi) is 5.36. The minimum absolute atomic E-state index is 0.225. The molecule has 0 aliphatic rings. The zero-order valence-electron chi connectivity index (χ0n) is 12.8. The smallest absolute Gasteiger partial charge is 0.410 e. The van der Waals surface area contributed by atoms with Crippen molar-refractivity contribution in [3.63, 3.8) is 0 Å². The highest BCUT2D eigenvalue weighted by Gasteiger charge is 2.19. The van der Waals surface area contributed by atoms with Crippen molar-refractivity contribution in [1.82, 2.24) is 4.90 Å². The van der Waals surface area contributed by atoms with Crippen molar-refractivity contribution in [1.29, 1.82) is 0 Å². The Morgan fingerprint density at radius 1 is 1.29 bits per heavy atom. The molecule has 0 radical (unpaired) electrons. The third kappa shape index (κ3) is 7.10. The van der Waals surface area contributed by atoms with Gasteiger partial charge in [0.2, 0.25) is 10.0 Å². The number of benzene rings is 1. The molecule has 6 nitrogen and oxygen atoms in total. The van der Waals surface area contributed by atoms with Gasteiger partial charge in [-0.2, -0.15) is 0 Å². The van der Waals surface area contributed by atoms with Crippen molar-refractivity contribution in [3.05, 3.63) is 35.4 Å². The number of primary sulfonamides is 1. The number of carbonyl (C=O) groups is 1. The largest absolute Gasteiger partial charge is 0.444 e. The van der Waals surface area contributed by atoms with Gasteiger partial charge in [-0.15, -0.1) is 0 Å². The van der Waals surface area contributed by atoms with Crippen LogP contribution in [0.3, 0.4) is 0 Å². The van der Waals surface area contributed by atoms with Crippen LogP contribution in [0.15, 0.2) is 24.3 Å². The number of hydrogen-bond acceptors (Lipinski definition) is 4. The van der Waals surface area contributed by atoms with Crippen LogP contribution in [0.2, 0.25) is 0 Å². The standard InChI is InChI=1S/C14H22N2O4S/c1-14(2,3)20-13(17)16(4)9-11-6-5-7-12(8-11)10-21(15,18)19/h5-8H,9-10H2,1-4H3,(H2,15,18,19). The molecule has 118 valence electrons. The van der Waals surface area contributed by atoms with E-state index in [0.717, 1.165) is 5.56 Å². The molecule has 0 saturated carbocycles. The van der Waals surface area contributed by atoms with Gasteiger partial charge in [-0.05, 0) is 31.9 Å². The molecule has 7 heteroatoms. The topological polar surface area (TPSA) is 89.7 Å². The van der Waals surface area contributed by atoms with Crippen molar-refractivity contribution in [3.8, 4) is 0 Å². The van der Waals surface area contributed by atoms with Crippen LogP contribution in [0.1, 0.15) is 31.9 Å². The van der Waals surface area contributed by atoms with Crippen LogP contribution >= 0.6 is 0 Å². The average molecular weight is 314 g/mol. The highest BCUT2D eigenvalue weighted by atomic mass is 32.2. The van der Waals surface area contributed by atoms with Gasteiger partial charge in [0.25, 0.3) is 0 Å². The predicted octanol–water partition coefficient (Wildman–Crippen LogP) is 1.84. The van der Waals surface area contributed by atoms with Crippen molar-refractivity contribution in [2.45, 2.75) is 38.7 Å². The molecule has 2 N–H and O–H groups in total. The molecule has 0 atom stereocenters. The minimum atomic E-state index is -3.57. The summed E-state index contributed by atoms with van der Waals surface area (Å²) in [6.07, 6.45) is -0.431. The number of ether oxygens (including phenoxy) is 1. The van der Waals surface area contributed by atoms with Crippen molar-refractivity contribution >= 4 is 16.1 Å². The van der Waals surface area contributed by atoms with Crippen molar-refractivity contribution in [2.75, 3.05) is 7.05 Å². The van der Waals surface area contributed by atoms with Crippen LogP contribution < -0.4 is 5.14 Å². The van der Waals surface area contributed by atoms with E-state index in [0.29, 0.717) is 12.1 Å². The molecule has 0 unspecified atom stereocenters. The van der Waals surface area contributed by atoms with Crippen LogP contribution in [0, 0.1) is 0 Å². The number of hydrogen-bond donors (Lipinski definition) is 1. The van der Waals surface area contributed by atoms with Crippen molar-refractivity contribution < 1.29 is 17.9 Å². The van der Waals surface area contributed by atoms with E-state index in [2.05, 4.69) is 0 Å². The summed E-state index contributed by atoms with van der Waals surface area (Å²) in [5.74, 6) is -0.225. The van der Waals surface area contributed by atoms with Gasteiger partial charge in [0, 0.05) is 13.6 Å². The first-order chi connectivity index (χ1) is 9.46. The molecule has 0 bridgehead atoms. The Morgan fingerprint density at radius 3 is 2.38 bits per heavy atom. The summed E-state index contributed by atoms with van der Waals surface area (Å²) in [6, 6.07) is 6.94. The van der Waals surface area contributed by atoms with E-state index in [9.17, 15) is 13.2 Å². The van der Waals surface area contributed by atoms with Gasteiger partial charge in [0.05, 0.1) is 5.75 Å². The Balaban J connectivity index is 2.75.